The number of aliphatic imine (C=N–C) groups is 1. The van der Waals surface area contributed by atoms with Crippen molar-refractivity contribution in [3.8, 4) is 0 Å². The van der Waals surface area contributed by atoms with Crippen LogP contribution in [0.5, 0.6) is 0 Å². The van der Waals surface area contributed by atoms with Crippen molar-refractivity contribution in [3.05, 3.63) is 33.6 Å². The summed E-state index contributed by atoms with van der Waals surface area (Å²) < 4.78 is 0. The molecule has 0 N–H and O–H groups in total. The van der Waals surface area contributed by atoms with Crippen LogP contribution in [0.25, 0.3) is 0 Å². The lowest BCUT2D eigenvalue weighted by atomic mass is 9.83. The van der Waals surface area contributed by atoms with Crippen LogP contribution in [0.15, 0.2) is 38.6 Å². The molecule has 0 radical (unpaired) electrons. The van der Waals surface area contributed by atoms with Crippen molar-refractivity contribution in [2.75, 3.05) is 0 Å². The van der Waals surface area contributed by atoms with E-state index >= 15 is 0 Å². The average molecular weight is 314 g/mol. The molecule has 1 nitrogen and oxygen atoms in total. The van der Waals surface area contributed by atoms with E-state index in [0.29, 0.717) is 0 Å². The summed E-state index contributed by atoms with van der Waals surface area (Å²) in [5.41, 5.74) is 9.24. The maximum absolute atomic E-state index is 5.01. The highest BCUT2D eigenvalue weighted by atomic mass is 14.7. The number of nitrogens with zero attached hydrogens (tertiary/aromatic N) is 1. The summed E-state index contributed by atoms with van der Waals surface area (Å²) in [6, 6.07) is 0. The fourth-order valence-corrected chi connectivity index (χ4v) is 4.04. The van der Waals surface area contributed by atoms with Gasteiger partial charge in [-0.1, -0.05) is 31.4 Å². The predicted octanol–water partition coefficient (Wildman–Crippen LogP) is 7.30. The Hall–Kier alpha value is -1.11. The first-order chi connectivity index (χ1) is 11.2. The largest absolute Gasteiger partial charge is 0.261 e. The quantitative estimate of drug-likeness (QED) is 0.456. The number of allylic oxidation sites excluding steroid dienone is 5. The van der Waals surface area contributed by atoms with Crippen molar-refractivity contribution in [2.45, 2.75) is 98.3 Å². The SMILES string of the molecule is CCCC=N/C(C1=C(CC)CCCC1)=C(\C)C1=C(C)CCCC1. The fourth-order valence-electron chi connectivity index (χ4n) is 4.04. The molecule has 0 aromatic heterocycles. The van der Waals surface area contributed by atoms with Gasteiger partial charge in [0.15, 0.2) is 0 Å². The van der Waals surface area contributed by atoms with E-state index in [0.717, 1.165) is 6.42 Å². The van der Waals surface area contributed by atoms with Gasteiger partial charge in [0.1, 0.15) is 0 Å². The Labute approximate surface area is 143 Å². The van der Waals surface area contributed by atoms with E-state index in [2.05, 4.69) is 33.9 Å². The first-order valence-corrected chi connectivity index (χ1v) is 9.82. The molecule has 2 aliphatic carbocycles. The van der Waals surface area contributed by atoms with Crippen LogP contribution < -0.4 is 0 Å². The van der Waals surface area contributed by atoms with Gasteiger partial charge in [0.05, 0.1) is 5.70 Å². The van der Waals surface area contributed by atoms with E-state index in [-0.39, 0.29) is 0 Å². The molecule has 0 aliphatic heterocycles. The highest BCUT2D eigenvalue weighted by Crippen LogP contribution is 2.38. The molecule has 0 spiro atoms. The van der Waals surface area contributed by atoms with Crippen LogP contribution in [-0.2, 0) is 0 Å². The molecule has 2 rings (SSSR count). The van der Waals surface area contributed by atoms with Crippen molar-refractivity contribution in [1.82, 2.24) is 0 Å². The Morgan fingerprint density at radius 2 is 1.61 bits per heavy atom. The monoisotopic (exact) mass is 313 g/mol. The van der Waals surface area contributed by atoms with Gasteiger partial charge >= 0.3 is 0 Å². The highest BCUT2D eigenvalue weighted by Gasteiger charge is 2.20. The van der Waals surface area contributed by atoms with Gasteiger partial charge in [0, 0.05) is 6.21 Å². The topological polar surface area (TPSA) is 12.4 Å². The second-order valence-corrected chi connectivity index (χ2v) is 7.18. The molecule has 0 bridgehead atoms. The van der Waals surface area contributed by atoms with Gasteiger partial charge in [-0.2, -0.15) is 0 Å². The Balaban J connectivity index is 2.48. The zero-order valence-electron chi connectivity index (χ0n) is 15.8. The van der Waals surface area contributed by atoms with E-state index in [1.165, 1.54) is 75.5 Å². The number of hydrogen-bond donors (Lipinski definition) is 0. The molecule has 0 aromatic rings. The van der Waals surface area contributed by atoms with Crippen molar-refractivity contribution in [2.24, 2.45) is 4.99 Å². The summed E-state index contributed by atoms with van der Waals surface area (Å²) in [7, 11) is 0. The van der Waals surface area contributed by atoms with Crippen molar-refractivity contribution in [1.29, 1.82) is 0 Å². The maximum atomic E-state index is 5.01. The Morgan fingerprint density at radius 1 is 0.957 bits per heavy atom. The number of hydrogen-bond acceptors (Lipinski definition) is 1. The second kappa shape index (κ2) is 9.25. The molecule has 0 saturated carbocycles. The third-order valence-electron chi connectivity index (χ3n) is 5.48. The van der Waals surface area contributed by atoms with Crippen LogP contribution in [0.4, 0.5) is 0 Å². The van der Waals surface area contributed by atoms with E-state index in [1.54, 1.807) is 22.3 Å². The molecule has 0 amide bonds. The molecule has 0 atom stereocenters. The molecule has 2 aliphatic rings. The molecular weight excluding hydrogens is 278 g/mol. The van der Waals surface area contributed by atoms with Gasteiger partial charge in [-0.3, -0.25) is 4.99 Å². The molecule has 0 heterocycles. The second-order valence-electron chi connectivity index (χ2n) is 7.18. The van der Waals surface area contributed by atoms with Crippen molar-refractivity contribution in [3.63, 3.8) is 0 Å². The smallest absolute Gasteiger partial charge is 0.0689 e. The van der Waals surface area contributed by atoms with Crippen LogP contribution in [0, 0.1) is 0 Å². The maximum Gasteiger partial charge on any atom is 0.0689 e. The number of rotatable bonds is 6. The van der Waals surface area contributed by atoms with Gasteiger partial charge in [-0.25, -0.2) is 0 Å². The summed E-state index contributed by atoms with van der Waals surface area (Å²) in [6.45, 7) is 9.21. The minimum absolute atomic E-state index is 1.09. The van der Waals surface area contributed by atoms with Crippen molar-refractivity contribution >= 4 is 6.21 Å². The molecule has 128 valence electrons. The van der Waals surface area contributed by atoms with Gasteiger partial charge in [0.25, 0.3) is 0 Å². The third kappa shape index (κ3) is 4.68. The lowest BCUT2D eigenvalue weighted by Crippen LogP contribution is -2.06. The molecule has 1 heteroatoms. The van der Waals surface area contributed by atoms with Crippen LogP contribution in [-0.4, -0.2) is 6.21 Å². The predicted molar refractivity (Wildman–Crippen MR) is 103 cm³/mol. The normalized spacial score (nSPS) is 21.2. The summed E-state index contributed by atoms with van der Waals surface area (Å²) >= 11 is 0. The first-order valence-electron chi connectivity index (χ1n) is 9.82. The highest BCUT2D eigenvalue weighted by molar-refractivity contribution is 5.62. The van der Waals surface area contributed by atoms with E-state index in [4.69, 9.17) is 4.99 Å². The molecular formula is C22H35N. The average Bonchev–Trinajstić information content (AvgIpc) is 2.59. The van der Waals surface area contributed by atoms with Crippen molar-refractivity contribution < 1.29 is 0 Å². The third-order valence-corrected chi connectivity index (χ3v) is 5.48. The van der Waals surface area contributed by atoms with Gasteiger partial charge in [0.2, 0.25) is 0 Å². The van der Waals surface area contributed by atoms with Crippen LogP contribution in [0.1, 0.15) is 98.3 Å². The molecule has 0 unspecified atom stereocenters. The van der Waals surface area contributed by atoms with Gasteiger partial charge in [-0.05, 0) is 94.8 Å². The Kier molecular flexibility index (Phi) is 7.33. The van der Waals surface area contributed by atoms with Gasteiger partial charge in [-0.15, -0.1) is 0 Å². The zero-order valence-corrected chi connectivity index (χ0v) is 15.8. The molecule has 0 saturated heterocycles. The number of unbranched alkanes of at least 4 members (excludes halogenated alkanes) is 1. The molecule has 23 heavy (non-hydrogen) atoms. The molecule has 0 aromatic carbocycles. The Bertz CT molecular complexity index is 528. The first kappa shape index (κ1) is 18.2. The minimum Gasteiger partial charge on any atom is -0.261 e. The Morgan fingerprint density at radius 3 is 2.26 bits per heavy atom. The lowest BCUT2D eigenvalue weighted by molar-refractivity contribution is 0.654. The van der Waals surface area contributed by atoms with E-state index in [1.807, 2.05) is 0 Å². The standard InChI is InChI=1S/C22H35N/c1-5-7-16-23-22(21-15-11-9-13-19(21)6-2)18(4)20-14-10-8-12-17(20)3/h16H,5-15H2,1-4H3/b22-18+,23-16?. The lowest BCUT2D eigenvalue weighted by Gasteiger charge is -2.25. The van der Waals surface area contributed by atoms with Crippen LogP contribution in [0.3, 0.4) is 0 Å². The van der Waals surface area contributed by atoms with Gasteiger partial charge < -0.3 is 0 Å². The molecule has 0 fully saturated rings. The summed E-state index contributed by atoms with van der Waals surface area (Å²) in [5, 5.41) is 0. The van der Waals surface area contributed by atoms with E-state index < -0.39 is 0 Å². The summed E-state index contributed by atoms with van der Waals surface area (Å²) in [6.07, 6.45) is 16.0. The van der Waals surface area contributed by atoms with E-state index in [9.17, 15) is 0 Å². The zero-order chi connectivity index (χ0) is 16.7. The van der Waals surface area contributed by atoms with Crippen LogP contribution in [0.2, 0.25) is 0 Å². The summed E-state index contributed by atoms with van der Waals surface area (Å²) in [5.74, 6) is 0. The summed E-state index contributed by atoms with van der Waals surface area (Å²) in [4.78, 5) is 5.01. The fraction of sp³-hybridized carbons (Fsp3) is 0.682. The minimum atomic E-state index is 1.09. The van der Waals surface area contributed by atoms with Crippen LogP contribution >= 0.6 is 0 Å².